The number of aryl methyl sites for hydroxylation is 3. The van der Waals surface area contributed by atoms with Crippen molar-refractivity contribution in [1.82, 2.24) is 14.9 Å². The molecule has 0 radical (unpaired) electrons. The van der Waals surface area contributed by atoms with Crippen LogP contribution in [-0.4, -0.2) is 22.1 Å². The first-order valence-electron chi connectivity index (χ1n) is 13.6. The molecule has 1 N–H and O–H groups in total. The lowest BCUT2D eigenvalue weighted by molar-refractivity contribution is -0.120. The number of imidazole rings is 1. The molecule has 5 aromatic rings. The number of benzene rings is 4. The molecular weight excluding hydrogens is 482 g/mol. The summed E-state index contributed by atoms with van der Waals surface area (Å²) in [5.74, 6) is 1.79. The molecule has 1 amide bonds. The molecule has 5 nitrogen and oxygen atoms in total. The molecule has 4 aromatic carbocycles. The van der Waals surface area contributed by atoms with E-state index >= 15 is 0 Å². The summed E-state index contributed by atoms with van der Waals surface area (Å²) in [5.41, 5.74) is 7.77. The second kappa shape index (κ2) is 12.4. The number of para-hydroxylation sites is 2. The van der Waals surface area contributed by atoms with Crippen LogP contribution in [0, 0.1) is 13.8 Å². The summed E-state index contributed by atoms with van der Waals surface area (Å²) in [6.45, 7) is 6.07. The Kier molecular flexibility index (Phi) is 8.37. The third-order valence-corrected chi connectivity index (χ3v) is 6.84. The predicted octanol–water partition coefficient (Wildman–Crippen LogP) is 7.04. The van der Waals surface area contributed by atoms with Gasteiger partial charge in [-0.15, -0.1) is 0 Å². The van der Waals surface area contributed by atoms with Crippen molar-refractivity contribution >= 4 is 16.9 Å². The summed E-state index contributed by atoms with van der Waals surface area (Å²) in [6.07, 6.45) is 2.23. The van der Waals surface area contributed by atoms with Gasteiger partial charge in [-0.05, 0) is 78.8 Å². The predicted molar refractivity (Wildman–Crippen MR) is 158 cm³/mol. The molecule has 39 heavy (non-hydrogen) atoms. The van der Waals surface area contributed by atoms with E-state index in [0.29, 0.717) is 19.6 Å². The van der Waals surface area contributed by atoms with E-state index in [1.54, 1.807) is 0 Å². The lowest BCUT2D eigenvalue weighted by Gasteiger charge is -2.12. The fourth-order valence-electron chi connectivity index (χ4n) is 4.96. The van der Waals surface area contributed by atoms with E-state index in [1.807, 2.05) is 48.5 Å². The number of carbonyl (C=O) groups is 1. The summed E-state index contributed by atoms with van der Waals surface area (Å²) < 4.78 is 8.21. The van der Waals surface area contributed by atoms with Gasteiger partial charge in [0.2, 0.25) is 5.91 Å². The number of rotatable bonds is 11. The van der Waals surface area contributed by atoms with Gasteiger partial charge in [0.05, 0.1) is 30.6 Å². The Morgan fingerprint density at radius 2 is 1.51 bits per heavy atom. The van der Waals surface area contributed by atoms with E-state index in [0.717, 1.165) is 53.1 Å². The maximum absolute atomic E-state index is 12.8. The average molecular weight is 518 g/mol. The van der Waals surface area contributed by atoms with Crippen LogP contribution in [0.3, 0.4) is 0 Å². The van der Waals surface area contributed by atoms with Crippen LogP contribution in [0.2, 0.25) is 0 Å². The van der Waals surface area contributed by atoms with Crippen LogP contribution in [0.25, 0.3) is 22.2 Å². The summed E-state index contributed by atoms with van der Waals surface area (Å²) >= 11 is 0. The van der Waals surface area contributed by atoms with Crippen molar-refractivity contribution in [3.05, 3.63) is 120 Å². The highest BCUT2D eigenvalue weighted by Crippen LogP contribution is 2.21. The highest BCUT2D eigenvalue weighted by molar-refractivity contribution is 5.79. The van der Waals surface area contributed by atoms with E-state index < -0.39 is 0 Å². The Bertz CT molecular complexity index is 1520. The standard InChI is InChI=1S/C34H35N3O2/c1-25-20-26(2)22-30(21-25)39-19-9-8-18-37-32-13-7-6-12-31(32)36-33(37)24-35-34(38)23-27-14-16-29(17-15-27)28-10-4-3-5-11-28/h3-7,10-17,20-22H,8-9,18-19,23-24H2,1-2H3,(H,35,38). The quantitative estimate of drug-likeness (QED) is 0.191. The number of hydrogen-bond acceptors (Lipinski definition) is 3. The summed E-state index contributed by atoms with van der Waals surface area (Å²) in [6, 6.07) is 32.9. The summed E-state index contributed by atoms with van der Waals surface area (Å²) in [4.78, 5) is 17.6. The van der Waals surface area contributed by atoms with E-state index in [4.69, 9.17) is 9.72 Å². The normalized spacial score (nSPS) is 11.0. The molecule has 1 heterocycles. The first-order valence-corrected chi connectivity index (χ1v) is 13.6. The molecule has 198 valence electrons. The van der Waals surface area contributed by atoms with Gasteiger partial charge in [-0.25, -0.2) is 4.98 Å². The second-order valence-corrected chi connectivity index (χ2v) is 10.1. The molecule has 0 aliphatic rings. The highest BCUT2D eigenvalue weighted by Gasteiger charge is 2.12. The summed E-state index contributed by atoms with van der Waals surface area (Å²) in [7, 11) is 0. The number of unbranched alkanes of at least 4 members (excludes halogenated alkanes) is 1. The number of aromatic nitrogens is 2. The van der Waals surface area contributed by atoms with Crippen molar-refractivity contribution in [3.8, 4) is 16.9 Å². The zero-order valence-corrected chi connectivity index (χ0v) is 22.7. The van der Waals surface area contributed by atoms with Crippen LogP contribution in [0.5, 0.6) is 5.75 Å². The van der Waals surface area contributed by atoms with Crippen LogP contribution in [0.1, 0.15) is 35.4 Å². The Labute approximate surface area is 230 Å². The molecule has 0 bridgehead atoms. The van der Waals surface area contributed by atoms with Gasteiger partial charge >= 0.3 is 0 Å². The molecule has 5 rings (SSSR count). The third-order valence-electron chi connectivity index (χ3n) is 6.84. The highest BCUT2D eigenvalue weighted by atomic mass is 16.5. The number of fused-ring (bicyclic) bond motifs is 1. The fourth-order valence-corrected chi connectivity index (χ4v) is 4.96. The van der Waals surface area contributed by atoms with Gasteiger partial charge < -0.3 is 14.6 Å². The molecule has 0 aliphatic heterocycles. The molecule has 5 heteroatoms. The van der Waals surface area contributed by atoms with Gasteiger partial charge in [0.15, 0.2) is 0 Å². The van der Waals surface area contributed by atoms with Gasteiger partial charge in [-0.3, -0.25) is 4.79 Å². The SMILES string of the molecule is Cc1cc(C)cc(OCCCCn2c(CNC(=O)Cc3ccc(-c4ccccc4)cc3)nc3ccccc32)c1. The van der Waals surface area contributed by atoms with Crippen LogP contribution in [0.4, 0.5) is 0 Å². The van der Waals surface area contributed by atoms with Crippen LogP contribution < -0.4 is 10.1 Å². The number of ether oxygens (including phenoxy) is 1. The van der Waals surface area contributed by atoms with E-state index in [-0.39, 0.29) is 5.91 Å². The lowest BCUT2D eigenvalue weighted by Crippen LogP contribution is -2.26. The van der Waals surface area contributed by atoms with Crippen molar-refractivity contribution < 1.29 is 9.53 Å². The smallest absolute Gasteiger partial charge is 0.224 e. The maximum atomic E-state index is 12.8. The molecule has 0 aliphatic carbocycles. The van der Waals surface area contributed by atoms with Crippen molar-refractivity contribution in [2.24, 2.45) is 0 Å². The van der Waals surface area contributed by atoms with Crippen molar-refractivity contribution in [2.45, 2.75) is 46.2 Å². The molecular formula is C34H35N3O2. The van der Waals surface area contributed by atoms with Gasteiger partial charge in [0.25, 0.3) is 0 Å². The molecule has 0 atom stereocenters. The van der Waals surface area contributed by atoms with E-state index in [9.17, 15) is 4.79 Å². The monoisotopic (exact) mass is 517 g/mol. The fraction of sp³-hybridized carbons (Fsp3) is 0.235. The lowest BCUT2D eigenvalue weighted by atomic mass is 10.0. The molecule has 0 saturated carbocycles. The van der Waals surface area contributed by atoms with E-state index in [2.05, 4.69) is 72.3 Å². The van der Waals surface area contributed by atoms with Crippen LogP contribution in [0.15, 0.2) is 97.1 Å². The molecule has 0 spiro atoms. The van der Waals surface area contributed by atoms with Crippen molar-refractivity contribution in [3.63, 3.8) is 0 Å². The number of amides is 1. The zero-order chi connectivity index (χ0) is 27.0. The summed E-state index contributed by atoms with van der Waals surface area (Å²) in [5, 5.41) is 3.08. The van der Waals surface area contributed by atoms with Crippen molar-refractivity contribution in [1.29, 1.82) is 0 Å². The average Bonchev–Trinajstić information content (AvgIpc) is 3.29. The van der Waals surface area contributed by atoms with Gasteiger partial charge in [-0.2, -0.15) is 0 Å². The van der Waals surface area contributed by atoms with Crippen LogP contribution >= 0.6 is 0 Å². The third kappa shape index (κ3) is 6.94. The van der Waals surface area contributed by atoms with Crippen LogP contribution in [-0.2, 0) is 24.3 Å². The van der Waals surface area contributed by atoms with Gasteiger partial charge in [0.1, 0.15) is 11.6 Å². The van der Waals surface area contributed by atoms with Gasteiger partial charge in [0, 0.05) is 6.54 Å². The molecule has 1 aromatic heterocycles. The zero-order valence-electron chi connectivity index (χ0n) is 22.7. The largest absolute Gasteiger partial charge is 0.494 e. The molecule has 0 unspecified atom stereocenters. The topological polar surface area (TPSA) is 56.1 Å². The van der Waals surface area contributed by atoms with E-state index in [1.165, 1.54) is 16.7 Å². The van der Waals surface area contributed by atoms with Crippen molar-refractivity contribution in [2.75, 3.05) is 6.61 Å². The number of carbonyl (C=O) groups excluding carboxylic acids is 1. The maximum Gasteiger partial charge on any atom is 0.224 e. The Morgan fingerprint density at radius 1 is 0.821 bits per heavy atom. The Hall–Kier alpha value is -4.38. The Morgan fingerprint density at radius 3 is 2.28 bits per heavy atom. The molecule has 0 fully saturated rings. The number of nitrogens with zero attached hydrogens (tertiary/aromatic N) is 2. The first kappa shape index (κ1) is 26.2. The molecule has 0 saturated heterocycles. The first-order chi connectivity index (χ1) is 19.0. The minimum absolute atomic E-state index is 0.0112. The minimum Gasteiger partial charge on any atom is -0.494 e. The van der Waals surface area contributed by atoms with Gasteiger partial charge in [-0.1, -0.05) is 72.8 Å². The Balaban J connectivity index is 1.16. The number of hydrogen-bond donors (Lipinski definition) is 1. The second-order valence-electron chi connectivity index (χ2n) is 10.1. The number of nitrogens with one attached hydrogen (secondary N) is 1. The minimum atomic E-state index is -0.0112.